The monoisotopic (exact) mass is 121 g/mol. The van der Waals surface area contributed by atoms with E-state index in [1.54, 1.807) is 0 Å². The van der Waals surface area contributed by atoms with Gasteiger partial charge in [-0.15, -0.1) is 0 Å². The van der Waals surface area contributed by atoms with E-state index in [1.165, 1.54) is 12.8 Å². The van der Waals surface area contributed by atoms with Crippen LogP contribution in [-0.2, 0) is 0 Å². The third-order valence-corrected chi connectivity index (χ3v) is 2.13. The van der Waals surface area contributed by atoms with Crippen LogP contribution in [0.1, 0.15) is 12.8 Å². The van der Waals surface area contributed by atoms with Gasteiger partial charge in [0.25, 0.3) is 0 Å². The van der Waals surface area contributed by atoms with E-state index in [0.717, 1.165) is 0 Å². The summed E-state index contributed by atoms with van der Waals surface area (Å²) >= 11 is 0. The largest absolute Gasteiger partial charge is 0.321 e. The zero-order valence-electron chi connectivity index (χ0n) is 5.38. The molecule has 0 heterocycles. The molecule has 48 valence electrons. The molecule has 2 rings (SSSR count). The second-order valence-electron chi connectivity index (χ2n) is 3.03. The molecule has 1 heteroatoms. The smallest absolute Gasteiger partial charge is 0.0411 e. The molecule has 1 nitrogen and oxygen atoms in total. The van der Waals surface area contributed by atoms with E-state index in [1.807, 2.05) is 0 Å². The van der Waals surface area contributed by atoms with Crippen LogP contribution in [0.25, 0.3) is 0 Å². The van der Waals surface area contributed by atoms with Crippen molar-refractivity contribution in [1.29, 1.82) is 0 Å². The van der Waals surface area contributed by atoms with Gasteiger partial charge in [0.05, 0.1) is 0 Å². The number of nitrogens with two attached hydrogens (primary N) is 1. The average molecular weight is 121 g/mol. The Labute approximate surface area is 55.2 Å². The molecule has 0 bridgehead atoms. The van der Waals surface area contributed by atoms with Crippen molar-refractivity contribution < 1.29 is 0 Å². The molecule has 9 heavy (non-hydrogen) atoms. The second kappa shape index (κ2) is 1.48. The molecular formula is C8H11N. The minimum Gasteiger partial charge on any atom is -0.321 e. The molecule has 2 N–H and O–H groups in total. The Bertz CT molecular complexity index is 159. The molecule has 0 radical (unpaired) electrons. The van der Waals surface area contributed by atoms with E-state index in [2.05, 4.69) is 24.3 Å². The standard InChI is InChI=1S/C8H11N/c9-7-1-3-8(4-2-7)5-6-8/h1-4,7H,5-6,9H2. The van der Waals surface area contributed by atoms with Gasteiger partial charge in [0.1, 0.15) is 0 Å². The molecule has 0 atom stereocenters. The third kappa shape index (κ3) is 0.815. The van der Waals surface area contributed by atoms with E-state index < -0.39 is 0 Å². The van der Waals surface area contributed by atoms with Crippen LogP contribution < -0.4 is 5.73 Å². The summed E-state index contributed by atoms with van der Waals surface area (Å²) in [6, 6.07) is 0.177. The highest BCUT2D eigenvalue weighted by molar-refractivity contribution is 5.28. The fourth-order valence-electron chi connectivity index (χ4n) is 1.20. The van der Waals surface area contributed by atoms with Crippen molar-refractivity contribution in [2.45, 2.75) is 18.9 Å². The molecule has 0 aromatic heterocycles. The van der Waals surface area contributed by atoms with E-state index in [9.17, 15) is 0 Å². The first-order valence-corrected chi connectivity index (χ1v) is 3.45. The van der Waals surface area contributed by atoms with Gasteiger partial charge in [-0.3, -0.25) is 0 Å². The molecule has 1 saturated carbocycles. The molecule has 0 aliphatic heterocycles. The van der Waals surface area contributed by atoms with Crippen molar-refractivity contribution in [3.05, 3.63) is 24.3 Å². The summed E-state index contributed by atoms with van der Waals surface area (Å²) in [5.41, 5.74) is 6.08. The van der Waals surface area contributed by atoms with Crippen LogP contribution in [0.3, 0.4) is 0 Å². The molecule has 1 spiro atoms. The second-order valence-corrected chi connectivity index (χ2v) is 3.03. The SMILES string of the molecule is NC1C=CC2(C=C1)CC2. The maximum absolute atomic E-state index is 5.61. The van der Waals surface area contributed by atoms with Gasteiger partial charge in [0.15, 0.2) is 0 Å². The Hall–Kier alpha value is -0.560. The summed E-state index contributed by atoms with van der Waals surface area (Å²) in [5.74, 6) is 0. The lowest BCUT2D eigenvalue weighted by Crippen LogP contribution is -2.16. The highest BCUT2D eigenvalue weighted by atomic mass is 14.6. The Kier molecular flexibility index (Phi) is 0.862. The molecule has 0 aromatic rings. The van der Waals surface area contributed by atoms with E-state index in [4.69, 9.17) is 5.73 Å². The topological polar surface area (TPSA) is 26.0 Å². The summed E-state index contributed by atoms with van der Waals surface area (Å²) in [5, 5.41) is 0. The van der Waals surface area contributed by atoms with Gasteiger partial charge < -0.3 is 5.73 Å². The summed E-state index contributed by atoms with van der Waals surface area (Å²) in [7, 11) is 0. The molecule has 1 fully saturated rings. The highest BCUT2D eigenvalue weighted by Crippen LogP contribution is 2.49. The van der Waals surface area contributed by atoms with Gasteiger partial charge in [0, 0.05) is 11.5 Å². The Morgan fingerprint density at radius 2 is 1.78 bits per heavy atom. The first-order chi connectivity index (χ1) is 4.31. The van der Waals surface area contributed by atoms with Crippen molar-refractivity contribution >= 4 is 0 Å². The zero-order valence-corrected chi connectivity index (χ0v) is 5.38. The molecule has 0 amide bonds. The lowest BCUT2D eigenvalue weighted by atomic mass is 9.99. The summed E-state index contributed by atoms with van der Waals surface area (Å²) in [4.78, 5) is 0. The summed E-state index contributed by atoms with van der Waals surface area (Å²) in [6.45, 7) is 0. The maximum atomic E-state index is 5.61. The first-order valence-electron chi connectivity index (χ1n) is 3.45. The number of hydrogen-bond donors (Lipinski definition) is 1. The maximum Gasteiger partial charge on any atom is 0.0411 e. The fraction of sp³-hybridized carbons (Fsp3) is 0.500. The van der Waals surface area contributed by atoms with Crippen LogP contribution in [0.15, 0.2) is 24.3 Å². The number of hydrogen-bond acceptors (Lipinski definition) is 1. The summed E-state index contributed by atoms with van der Waals surface area (Å²) in [6.07, 6.45) is 11.3. The van der Waals surface area contributed by atoms with Crippen molar-refractivity contribution in [3.63, 3.8) is 0 Å². The summed E-state index contributed by atoms with van der Waals surface area (Å²) < 4.78 is 0. The van der Waals surface area contributed by atoms with Gasteiger partial charge in [-0.1, -0.05) is 24.3 Å². The van der Waals surface area contributed by atoms with E-state index in [-0.39, 0.29) is 6.04 Å². The van der Waals surface area contributed by atoms with Crippen LogP contribution in [-0.4, -0.2) is 6.04 Å². The zero-order chi connectivity index (χ0) is 6.32. The van der Waals surface area contributed by atoms with Crippen molar-refractivity contribution in [2.75, 3.05) is 0 Å². The quantitative estimate of drug-likeness (QED) is 0.479. The molecular weight excluding hydrogens is 110 g/mol. The lowest BCUT2D eigenvalue weighted by molar-refractivity contribution is 0.805. The number of allylic oxidation sites excluding steroid dienone is 2. The number of rotatable bonds is 0. The Morgan fingerprint density at radius 3 is 2.22 bits per heavy atom. The third-order valence-electron chi connectivity index (χ3n) is 2.13. The van der Waals surface area contributed by atoms with Gasteiger partial charge in [-0.05, 0) is 12.8 Å². The van der Waals surface area contributed by atoms with E-state index >= 15 is 0 Å². The van der Waals surface area contributed by atoms with Crippen LogP contribution in [0.4, 0.5) is 0 Å². The van der Waals surface area contributed by atoms with Crippen LogP contribution in [0.5, 0.6) is 0 Å². The van der Waals surface area contributed by atoms with Crippen molar-refractivity contribution in [1.82, 2.24) is 0 Å². The van der Waals surface area contributed by atoms with Crippen LogP contribution >= 0.6 is 0 Å². The molecule has 2 aliphatic carbocycles. The van der Waals surface area contributed by atoms with Crippen molar-refractivity contribution in [3.8, 4) is 0 Å². The molecule has 0 saturated heterocycles. The van der Waals surface area contributed by atoms with Crippen LogP contribution in [0, 0.1) is 5.41 Å². The van der Waals surface area contributed by atoms with E-state index in [0.29, 0.717) is 5.41 Å². The van der Waals surface area contributed by atoms with Gasteiger partial charge in [-0.25, -0.2) is 0 Å². The molecule has 2 aliphatic rings. The van der Waals surface area contributed by atoms with Gasteiger partial charge in [0.2, 0.25) is 0 Å². The first kappa shape index (κ1) is 5.24. The highest BCUT2D eigenvalue weighted by Gasteiger charge is 2.38. The average Bonchev–Trinajstić information content (AvgIpc) is 2.60. The predicted molar refractivity (Wildman–Crippen MR) is 37.9 cm³/mol. The van der Waals surface area contributed by atoms with Crippen LogP contribution in [0.2, 0.25) is 0 Å². The van der Waals surface area contributed by atoms with Crippen molar-refractivity contribution in [2.24, 2.45) is 11.1 Å². The molecule has 0 aromatic carbocycles. The fourth-order valence-corrected chi connectivity index (χ4v) is 1.20. The normalized spacial score (nSPS) is 29.4. The van der Waals surface area contributed by atoms with Gasteiger partial charge in [-0.2, -0.15) is 0 Å². The Balaban J connectivity index is 2.18. The molecule has 0 unspecified atom stereocenters. The van der Waals surface area contributed by atoms with Gasteiger partial charge >= 0.3 is 0 Å². The lowest BCUT2D eigenvalue weighted by Gasteiger charge is -2.10. The minimum atomic E-state index is 0.177. The predicted octanol–water partition coefficient (Wildman–Crippen LogP) is 1.22. The minimum absolute atomic E-state index is 0.177. The Morgan fingerprint density at radius 1 is 1.22 bits per heavy atom.